The summed E-state index contributed by atoms with van der Waals surface area (Å²) in [4.78, 5) is 0. The van der Waals surface area contributed by atoms with Crippen molar-refractivity contribution < 1.29 is 0 Å². The second-order valence-electron chi connectivity index (χ2n) is 5.29. The van der Waals surface area contributed by atoms with E-state index < -0.39 is 0 Å². The molecule has 0 nitrogen and oxygen atoms in total. The fourth-order valence-corrected chi connectivity index (χ4v) is 5.44. The van der Waals surface area contributed by atoms with Crippen LogP contribution in [0, 0.1) is 10.8 Å². The number of rotatable bonds is 1. The largest absolute Gasteiger partial charge is 0.0858 e. The van der Waals surface area contributed by atoms with Crippen LogP contribution in [0.3, 0.4) is 0 Å². The third kappa shape index (κ3) is 3.00. The van der Waals surface area contributed by atoms with Gasteiger partial charge in [-0.1, -0.05) is 66.0 Å². The molecular weight excluding hydrogens is 374 g/mol. The first kappa shape index (κ1) is 11.5. The van der Waals surface area contributed by atoms with Gasteiger partial charge in [0.1, 0.15) is 0 Å². The standard InChI is InChI=1S/C10H18I2/c1-9(2)4-8(12)5-10(3,6-9)7-11/h8H,4-7H2,1-3H3. The smallest absolute Gasteiger partial charge is 0.0120 e. The lowest BCUT2D eigenvalue weighted by molar-refractivity contribution is 0.132. The molecule has 1 aliphatic rings. The Labute approximate surface area is 104 Å². The average Bonchev–Trinajstić information content (AvgIpc) is 1.82. The van der Waals surface area contributed by atoms with Gasteiger partial charge in [-0.05, 0) is 30.1 Å². The molecule has 0 aliphatic heterocycles. The van der Waals surface area contributed by atoms with Crippen molar-refractivity contribution in [3.05, 3.63) is 0 Å². The Balaban J connectivity index is 2.70. The van der Waals surface area contributed by atoms with Crippen molar-refractivity contribution in [1.29, 1.82) is 0 Å². The summed E-state index contributed by atoms with van der Waals surface area (Å²) in [5.41, 5.74) is 1.18. The van der Waals surface area contributed by atoms with Gasteiger partial charge >= 0.3 is 0 Å². The Morgan fingerprint density at radius 1 is 1.25 bits per heavy atom. The quantitative estimate of drug-likeness (QED) is 0.457. The first-order chi connectivity index (χ1) is 5.37. The highest BCUT2D eigenvalue weighted by Crippen LogP contribution is 2.49. The molecule has 1 saturated carbocycles. The molecule has 1 rings (SSSR count). The molecule has 0 N–H and O–H groups in total. The molecule has 1 fully saturated rings. The zero-order valence-electron chi connectivity index (χ0n) is 8.16. The van der Waals surface area contributed by atoms with Gasteiger partial charge in [-0.2, -0.15) is 0 Å². The van der Waals surface area contributed by atoms with Crippen LogP contribution in [0.2, 0.25) is 0 Å². The highest BCUT2D eigenvalue weighted by Gasteiger charge is 2.39. The molecule has 2 heteroatoms. The Morgan fingerprint density at radius 2 is 1.83 bits per heavy atom. The topological polar surface area (TPSA) is 0 Å². The van der Waals surface area contributed by atoms with Crippen LogP contribution in [0.15, 0.2) is 0 Å². The third-order valence-electron chi connectivity index (χ3n) is 2.72. The lowest BCUT2D eigenvalue weighted by Crippen LogP contribution is -2.36. The summed E-state index contributed by atoms with van der Waals surface area (Å²) in [6.07, 6.45) is 4.22. The SMILES string of the molecule is CC1(C)CC(I)CC(C)(CI)C1. The van der Waals surface area contributed by atoms with E-state index in [2.05, 4.69) is 66.0 Å². The van der Waals surface area contributed by atoms with E-state index in [9.17, 15) is 0 Å². The van der Waals surface area contributed by atoms with E-state index >= 15 is 0 Å². The zero-order valence-corrected chi connectivity index (χ0v) is 12.5. The van der Waals surface area contributed by atoms with Crippen molar-refractivity contribution in [1.82, 2.24) is 0 Å². The summed E-state index contributed by atoms with van der Waals surface area (Å²) in [6.45, 7) is 7.29. The van der Waals surface area contributed by atoms with E-state index in [1.807, 2.05) is 0 Å². The molecule has 12 heavy (non-hydrogen) atoms. The summed E-state index contributed by atoms with van der Waals surface area (Å²) in [5, 5.41) is 0. The molecule has 0 radical (unpaired) electrons. The van der Waals surface area contributed by atoms with Gasteiger partial charge in [0.25, 0.3) is 0 Å². The number of hydrogen-bond donors (Lipinski definition) is 0. The Hall–Kier alpha value is 1.46. The molecular formula is C10H18I2. The van der Waals surface area contributed by atoms with Gasteiger partial charge in [-0.25, -0.2) is 0 Å². The molecule has 0 spiro atoms. The van der Waals surface area contributed by atoms with E-state index in [1.165, 1.54) is 23.7 Å². The molecule has 0 aromatic heterocycles. The molecule has 0 heterocycles. The lowest BCUT2D eigenvalue weighted by Gasteiger charge is -2.44. The van der Waals surface area contributed by atoms with Crippen LogP contribution < -0.4 is 0 Å². The van der Waals surface area contributed by atoms with Crippen molar-refractivity contribution >= 4 is 45.2 Å². The molecule has 0 aromatic carbocycles. The van der Waals surface area contributed by atoms with Gasteiger partial charge in [0.15, 0.2) is 0 Å². The van der Waals surface area contributed by atoms with Gasteiger partial charge in [0.2, 0.25) is 0 Å². The number of halogens is 2. The van der Waals surface area contributed by atoms with Crippen molar-refractivity contribution in [2.45, 2.75) is 44.0 Å². The van der Waals surface area contributed by atoms with Crippen LogP contribution in [0.25, 0.3) is 0 Å². The Kier molecular flexibility index (Phi) is 3.76. The molecule has 0 amide bonds. The summed E-state index contributed by atoms with van der Waals surface area (Å²) < 4.78 is 2.21. The second-order valence-corrected chi connectivity index (χ2v) is 7.82. The van der Waals surface area contributed by atoms with Gasteiger partial charge < -0.3 is 0 Å². The van der Waals surface area contributed by atoms with Gasteiger partial charge in [0.05, 0.1) is 0 Å². The second kappa shape index (κ2) is 3.91. The highest BCUT2D eigenvalue weighted by atomic mass is 127. The van der Waals surface area contributed by atoms with Crippen LogP contribution >= 0.6 is 45.2 Å². The number of alkyl halides is 2. The van der Waals surface area contributed by atoms with Crippen molar-refractivity contribution in [3.8, 4) is 0 Å². The van der Waals surface area contributed by atoms with Crippen LogP contribution in [0.4, 0.5) is 0 Å². The Bertz CT molecular complexity index is 165. The maximum atomic E-state index is 2.63. The minimum Gasteiger partial charge on any atom is -0.0858 e. The van der Waals surface area contributed by atoms with Crippen molar-refractivity contribution in [3.63, 3.8) is 0 Å². The molecule has 0 aromatic rings. The van der Waals surface area contributed by atoms with Gasteiger partial charge in [-0.3, -0.25) is 0 Å². The predicted molar refractivity (Wildman–Crippen MR) is 72.4 cm³/mol. The maximum absolute atomic E-state index is 2.63. The van der Waals surface area contributed by atoms with Crippen molar-refractivity contribution in [2.24, 2.45) is 10.8 Å². The summed E-state index contributed by atoms with van der Waals surface area (Å²) in [7, 11) is 0. The first-order valence-electron chi connectivity index (χ1n) is 4.57. The molecule has 2 atom stereocenters. The highest BCUT2D eigenvalue weighted by molar-refractivity contribution is 14.1. The summed E-state index contributed by atoms with van der Waals surface area (Å²) >= 11 is 5.17. The number of hydrogen-bond acceptors (Lipinski definition) is 0. The van der Waals surface area contributed by atoms with Gasteiger partial charge in [-0.15, -0.1) is 0 Å². The third-order valence-corrected chi connectivity index (χ3v) is 5.44. The lowest BCUT2D eigenvalue weighted by atomic mass is 9.65. The predicted octanol–water partition coefficient (Wildman–Crippen LogP) is 4.44. The molecule has 2 unspecified atom stereocenters. The van der Waals surface area contributed by atoms with Crippen molar-refractivity contribution in [2.75, 3.05) is 4.43 Å². The van der Waals surface area contributed by atoms with Crippen LogP contribution in [0.5, 0.6) is 0 Å². The maximum Gasteiger partial charge on any atom is 0.0120 e. The van der Waals surface area contributed by atoms with E-state index in [0.29, 0.717) is 10.8 Å². The average molecular weight is 392 g/mol. The molecule has 72 valence electrons. The van der Waals surface area contributed by atoms with E-state index in [1.54, 1.807) is 0 Å². The fraction of sp³-hybridized carbons (Fsp3) is 1.00. The van der Waals surface area contributed by atoms with Gasteiger partial charge in [0, 0.05) is 8.35 Å². The first-order valence-corrected chi connectivity index (χ1v) is 7.34. The Morgan fingerprint density at radius 3 is 2.25 bits per heavy atom. The van der Waals surface area contributed by atoms with Crippen LogP contribution in [-0.4, -0.2) is 8.35 Å². The van der Waals surface area contributed by atoms with Crippen LogP contribution in [0.1, 0.15) is 40.0 Å². The van der Waals surface area contributed by atoms with Crippen LogP contribution in [-0.2, 0) is 0 Å². The van der Waals surface area contributed by atoms with E-state index in [4.69, 9.17) is 0 Å². The zero-order chi connectivity index (χ0) is 9.41. The minimum absolute atomic E-state index is 0.573. The monoisotopic (exact) mass is 392 g/mol. The van der Waals surface area contributed by atoms with E-state index in [0.717, 1.165) is 3.92 Å². The summed E-state index contributed by atoms with van der Waals surface area (Å²) in [6, 6.07) is 0. The molecule has 1 aliphatic carbocycles. The molecule has 0 saturated heterocycles. The van der Waals surface area contributed by atoms with E-state index in [-0.39, 0.29) is 0 Å². The molecule has 0 bridgehead atoms. The minimum atomic E-state index is 0.573. The normalized spacial score (nSPS) is 41.2. The fourth-order valence-electron chi connectivity index (χ4n) is 2.61. The summed E-state index contributed by atoms with van der Waals surface area (Å²) in [5.74, 6) is 0.